The van der Waals surface area contributed by atoms with Crippen LogP contribution in [0.1, 0.15) is 11.3 Å². The molecule has 2 rings (SSSR count). The average Bonchev–Trinajstić information content (AvgIpc) is 2.93. The van der Waals surface area contributed by atoms with Crippen LogP contribution >= 0.6 is 11.8 Å². The molecule has 9 heteroatoms. The van der Waals surface area contributed by atoms with E-state index in [0.29, 0.717) is 22.8 Å². The van der Waals surface area contributed by atoms with Crippen molar-refractivity contribution in [2.24, 2.45) is 0 Å². The number of aryl methyl sites for hydroxylation is 1. The van der Waals surface area contributed by atoms with Gasteiger partial charge in [-0.25, -0.2) is 0 Å². The van der Waals surface area contributed by atoms with Crippen LogP contribution in [-0.2, 0) is 20.8 Å². The molecule has 0 saturated heterocycles. The van der Waals surface area contributed by atoms with Crippen molar-refractivity contribution in [3.63, 3.8) is 0 Å². The Morgan fingerprint density at radius 3 is 2.32 bits per heavy atom. The number of hydrogen-bond donors (Lipinski definition) is 3. The van der Waals surface area contributed by atoms with Gasteiger partial charge in [-0.1, -0.05) is 17.3 Å². The maximum absolute atomic E-state index is 11.8. The minimum Gasteiger partial charge on any atom is -0.481 e. The molecule has 0 unspecified atom stereocenters. The summed E-state index contributed by atoms with van der Waals surface area (Å²) >= 11 is 1.17. The van der Waals surface area contributed by atoms with Gasteiger partial charge in [-0.15, -0.1) is 11.8 Å². The number of thioether (sulfide) groups is 1. The second kappa shape index (κ2) is 8.88. The lowest BCUT2D eigenvalue weighted by atomic mass is 10.1. The van der Waals surface area contributed by atoms with Crippen LogP contribution in [0.5, 0.6) is 0 Å². The van der Waals surface area contributed by atoms with E-state index in [9.17, 15) is 14.4 Å². The van der Waals surface area contributed by atoms with E-state index in [2.05, 4.69) is 15.8 Å². The third kappa shape index (κ3) is 6.68. The van der Waals surface area contributed by atoms with E-state index in [0.717, 1.165) is 0 Å². The molecule has 3 N–H and O–H groups in total. The standard InChI is InChI=1S/C16H17N3O5S/c1-10-6-13(19-24-10)18-15(21)9-25-8-14(20)17-12-4-2-11(3-5-12)7-16(22)23/h2-6H,7-9H2,1H3,(H,17,20)(H,22,23)(H,18,19,21). The number of hydrogen-bond acceptors (Lipinski definition) is 6. The van der Waals surface area contributed by atoms with Gasteiger partial charge in [-0.2, -0.15) is 0 Å². The van der Waals surface area contributed by atoms with E-state index in [1.54, 1.807) is 37.3 Å². The van der Waals surface area contributed by atoms with Crippen LogP contribution in [0.25, 0.3) is 0 Å². The van der Waals surface area contributed by atoms with Gasteiger partial charge in [-0.05, 0) is 24.6 Å². The maximum Gasteiger partial charge on any atom is 0.307 e. The van der Waals surface area contributed by atoms with Gasteiger partial charge in [0.25, 0.3) is 0 Å². The minimum absolute atomic E-state index is 0.0652. The van der Waals surface area contributed by atoms with Gasteiger partial charge in [0.05, 0.1) is 17.9 Å². The minimum atomic E-state index is -0.910. The number of nitrogens with zero attached hydrogens (tertiary/aromatic N) is 1. The summed E-state index contributed by atoms with van der Waals surface area (Å²) in [6, 6.07) is 8.17. The van der Waals surface area contributed by atoms with E-state index >= 15 is 0 Å². The molecule has 132 valence electrons. The Kier molecular flexibility index (Phi) is 6.58. The number of carboxylic acids is 1. The average molecular weight is 363 g/mol. The summed E-state index contributed by atoms with van der Waals surface area (Å²) in [6.45, 7) is 1.72. The number of rotatable bonds is 8. The van der Waals surface area contributed by atoms with Gasteiger partial charge in [-0.3, -0.25) is 14.4 Å². The lowest BCUT2D eigenvalue weighted by Crippen LogP contribution is -2.18. The highest BCUT2D eigenvalue weighted by molar-refractivity contribution is 8.00. The molecule has 2 aromatic rings. The molecule has 0 atom stereocenters. The molecule has 0 aliphatic heterocycles. The summed E-state index contributed by atoms with van der Waals surface area (Å²) in [5.41, 5.74) is 1.22. The van der Waals surface area contributed by atoms with Crippen molar-refractivity contribution < 1.29 is 24.0 Å². The fourth-order valence-electron chi connectivity index (χ4n) is 1.92. The van der Waals surface area contributed by atoms with Crippen LogP contribution in [-0.4, -0.2) is 39.6 Å². The molecule has 8 nitrogen and oxygen atoms in total. The highest BCUT2D eigenvalue weighted by atomic mass is 32.2. The van der Waals surface area contributed by atoms with Gasteiger partial charge in [0, 0.05) is 11.8 Å². The maximum atomic E-state index is 11.8. The second-order valence-corrected chi connectivity index (χ2v) is 6.16. The van der Waals surface area contributed by atoms with Crippen molar-refractivity contribution in [3.05, 3.63) is 41.7 Å². The smallest absolute Gasteiger partial charge is 0.307 e. The third-order valence-corrected chi connectivity index (χ3v) is 3.89. The largest absolute Gasteiger partial charge is 0.481 e. The highest BCUT2D eigenvalue weighted by Gasteiger charge is 2.09. The Labute approximate surface area is 148 Å². The van der Waals surface area contributed by atoms with Crippen molar-refractivity contribution in [3.8, 4) is 0 Å². The number of carboxylic acid groups (broad SMARTS) is 1. The first-order chi connectivity index (χ1) is 11.9. The fraction of sp³-hybridized carbons (Fsp3) is 0.250. The zero-order chi connectivity index (χ0) is 18.2. The highest BCUT2D eigenvalue weighted by Crippen LogP contribution is 2.12. The van der Waals surface area contributed by atoms with Gasteiger partial charge in [0.2, 0.25) is 11.8 Å². The fourth-order valence-corrected chi connectivity index (χ4v) is 2.54. The third-order valence-electron chi connectivity index (χ3n) is 2.95. The van der Waals surface area contributed by atoms with E-state index in [1.165, 1.54) is 11.8 Å². The predicted octanol–water partition coefficient (Wildman–Crippen LogP) is 1.92. The summed E-state index contributed by atoms with van der Waals surface area (Å²) in [7, 11) is 0. The Hall–Kier alpha value is -2.81. The van der Waals surface area contributed by atoms with Crippen LogP contribution in [0.2, 0.25) is 0 Å². The zero-order valence-electron chi connectivity index (χ0n) is 13.4. The van der Waals surface area contributed by atoms with Gasteiger partial charge < -0.3 is 20.3 Å². The van der Waals surface area contributed by atoms with Crippen molar-refractivity contribution in [2.45, 2.75) is 13.3 Å². The predicted molar refractivity (Wildman–Crippen MR) is 93.6 cm³/mol. The molecular weight excluding hydrogens is 346 g/mol. The molecular formula is C16H17N3O5S. The first kappa shape index (κ1) is 18.5. The van der Waals surface area contributed by atoms with Crippen LogP contribution in [0.3, 0.4) is 0 Å². The number of amides is 2. The molecule has 0 aliphatic carbocycles. The first-order valence-electron chi connectivity index (χ1n) is 7.34. The molecule has 0 bridgehead atoms. The SMILES string of the molecule is Cc1cc(NC(=O)CSCC(=O)Nc2ccc(CC(=O)O)cc2)no1. The number of anilines is 2. The van der Waals surface area contributed by atoms with Crippen LogP contribution in [0, 0.1) is 6.92 Å². The topological polar surface area (TPSA) is 122 Å². The molecule has 1 aromatic carbocycles. The molecule has 0 fully saturated rings. The van der Waals surface area contributed by atoms with E-state index in [1.807, 2.05) is 0 Å². The molecule has 0 spiro atoms. The number of carbonyl (C=O) groups excluding carboxylic acids is 2. The van der Waals surface area contributed by atoms with Crippen LogP contribution in [0.15, 0.2) is 34.9 Å². The lowest BCUT2D eigenvalue weighted by Gasteiger charge is -2.06. The molecule has 2 amide bonds. The van der Waals surface area contributed by atoms with Gasteiger partial charge in [0.15, 0.2) is 5.82 Å². The molecule has 1 aromatic heterocycles. The summed E-state index contributed by atoms with van der Waals surface area (Å²) in [5.74, 6) is -0.276. The summed E-state index contributed by atoms with van der Waals surface area (Å²) in [5, 5.41) is 17.6. The van der Waals surface area contributed by atoms with Gasteiger partial charge in [0.1, 0.15) is 5.76 Å². The lowest BCUT2D eigenvalue weighted by molar-refractivity contribution is -0.136. The first-order valence-corrected chi connectivity index (χ1v) is 8.49. The summed E-state index contributed by atoms with van der Waals surface area (Å²) < 4.78 is 4.84. The monoisotopic (exact) mass is 363 g/mol. The molecule has 0 saturated carbocycles. The van der Waals surface area contributed by atoms with Crippen molar-refractivity contribution in [1.82, 2.24) is 5.16 Å². The molecule has 0 radical (unpaired) electrons. The zero-order valence-corrected chi connectivity index (χ0v) is 14.3. The Balaban J connectivity index is 1.69. The van der Waals surface area contributed by atoms with E-state index < -0.39 is 5.97 Å². The van der Waals surface area contributed by atoms with Crippen molar-refractivity contribution in [2.75, 3.05) is 22.1 Å². The van der Waals surface area contributed by atoms with E-state index in [4.69, 9.17) is 9.63 Å². The Morgan fingerprint density at radius 2 is 1.76 bits per heavy atom. The van der Waals surface area contributed by atoms with Crippen molar-refractivity contribution in [1.29, 1.82) is 0 Å². The van der Waals surface area contributed by atoms with Crippen LogP contribution < -0.4 is 10.6 Å². The Bertz CT molecular complexity index is 757. The summed E-state index contributed by atoms with van der Waals surface area (Å²) in [6.07, 6.45) is -0.0652. The number of carbonyl (C=O) groups is 3. The van der Waals surface area contributed by atoms with Crippen molar-refractivity contribution >= 4 is 41.1 Å². The molecule has 0 aliphatic rings. The molecule has 25 heavy (non-hydrogen) atoms. The summed E-state index contributed by atoms with van der Waals surface area (Å²) in [4.78, 5) is 34.1. The number of nitrogens with one attached hydrogen (secondary N) is 2. The molecule has 1 heterocycles. The number of aromatic nitrogens is 1. The Morgan fingerprint density at radius 1 is 1.12 bits per heavy atom. The van der Waals surface area contributed by atoms with Gasteiger partial charge >= 0.3 is 5.97 Å². The quantitative estimate of drug-likeness (QED) is 0.655. The number of benzene rings is 1. The second-order valence-electron chi connectivity index (χ2n) is 5.18. The van der Waals surface area contributed by atoms with Crippen LogP contribution in [0.4, 0.5) is 11.5 Å². The normalized spacial score (nSPS) is 10.3. The number of aliphatic carboxylic acids is 1. The van der Waals surface area contributed by atoms with E-state index in [-0.39, 0.29) is 29.7 Å².